The van der Waals surface area contributed by atoms with Gasteiger partial charge in [0.1, 0.15) is 0 Å². The zero-order valence-electron chi connectivity index (χ0n) is 13.5. The summed E-state index contributed by atoms with van der Waals surface area (Å²) < 4.78 is 0. The molecule has 1 aromatic heterocycles. The van der Waals surface area contributed by atoms with Crippen LogP contribution >= 0.6 is 0 Å². The van der Waals surface area contributed by atoms with E-state index in [1.807, 2.05) is 0 Å². The van der Waals surface area contributed by atoms with Crippen LogP contribution in [0.5, 0.6) is 0 Å². The predicted molar refractivity (Wildman–Crippen MR) is 87.5 cm³/mol. The Labute approximate surface area is 127 Å². The molecule has 2 rings (SSSR count). The van der Waals surface area contributed by atoms with Crippen LogP contribution in [0, 0.1) is 0 Å². The fraction of sp³-hybridized carbons (Fsp3) is 0.800. The first kappa shape index (κ1) is 15.8. The maximum Gasteiger partial charge on any atom is 0.231 e. The minimum absolute atomic E-state index is 0.0347. The van der Waals surface area contributed by atoms with Crippen molar-refractivity contribution in [1.29, 1.82) is 0 Å². The van der Waals surface area contributed by atoms with Crippen molar-refractivity contribution in [2.24, 2.45) is 0 Å². The molecule has 0 saturated carbocycles. The van der Waals surface area contributed by atoms with Crippen molar-refractivity contribution in [3.63, 3.8) is 0 Å². The zero-order valence-corrected chi connectivity index (χ0v) is 13.5. The summed E-state index contributed by atoms with van der Waals surface area (Å²) in [5.74, 6) is 1.61. The van der Waals surface area contributed by atoms with Gasteiger partial charge in [-0.25, -0.2) is 0 Å². The summed E-state index contributed by atoms with van der Waals surface area (Å²) in [7, 11) is 0. The standard InChI is InChI=1S/C15H28N6/c1-4-15(5-2,6-3)20-13-17-12(16)18-14(19-13)21-10-8-7-9-11-21/h4-11H2,1-3H3,(H3,16,17,18,19,20). The maximum absolute atomic E-state index is 5.88. The summed E-state index contributed by atoms with van der Waals surface area (Å²) in [5.41, 5.74) is 5.92. The van der Waals surface area contributed by atoms with E-state index in [2.05, 4.69) is 45.9 Å². The van der Waals surface area contributed by atoms with Gasteiger partial charge in [0.15, 0.2) is 0 Å². The molecule has 0 aromatic carbocycles. The number of nitrogens with one attached hydrogen (secondary N) is 1. The monoisotopic (exact) mass is 292 g/mol. The van der Waals surface area contributed by atoms with Gasteiger partial charge in [0.2, 0.25) is 17.8 Å². The van der Waals surface area contributed by atoms with Gasteiger partial charge in [-0.15, -0.1) is 0 Å². The normalized spacial score (nSPS) is 16.0. The lowest BCUT2D eigenvalue weighted by molar-refractivity contribution is 0.417. The maximum atomic E-state index is 5.88. The number of piperidine rings is 1. The van der Waals surface area contributed by atoms with Gasteiger partial charge in [-0.1, -0.05) is 20.8 Å². The summed E-state index contributed by atoms with van der Waals surface area (Å²) in [4.78, 5) is 15.4. The number of aromatic nitrogens is 3. The SMILES string of the molecule is CCC(CC)(CC)Nc1nc(N)nc(N2CCCCC2)n1. The van der Waals surface area contributed by atoms with Crippen LogP contribution in [-0.4, -0.2) is 33.6 Å². The van der Waals surface area contributed by atoms with E-state index in [1.165, 1.54) is 19.3 Å². The molecule has 3 N–H and O–H groups in total. The molecule has 0 aliphatic carbocycles. The van der Waals surface area contributed by atoms with Crippen LogP contribution in [0.15, 0.2) is 0 Å². The van der Waals surface area contributed by atoms with Gasteiger partial charge in [-0.2, -0.15) is 15.0 Å². The minimum atomic E-state index is 0.0347. The number of anilines is 3. The van der Waals surface area contributed by atoms with Gasteiger partial charge < -0.3 is 16.0 Å². The van der Waals surface area contributed by atoms with Crippen LogP contribution in [0.3, 0.4) is 0 Å². The molecule has 1 fully saturated rings. The summed E-state index contributed by atoms with van der Waals surface area (Å²) in [6.45, 7) is 8.58. The Bertz CT molecular complexity index is 443. The second kappa shape index (κ2) is 6.91. The Morgan fingerprint density at radius 1 is 1.00 bits per heavy atom. The third kappa shape index (κ3) is 3.74. The van der Waals surface area contributed by atoms with Crippen LogP contribution < -0.4 is 16.0 Å². The van der Waals surface area contributed by atoms with E-state index >= 15 is 0 Å². The Hall–Kier alpha value is -1.59. The molecule has 2 heterocycles. The molecule has 1 aromatic rings. The quantitative estimate of drug-likeness (QED) is 0.839. The average Bonchev–Trinajstić information content (AvgIpc) is 2.53. The van der Waals surface area contributed by atoms with Crippen LogP contribution in [0.25, 0.3) is 0 Å². The summed E-state index contributed by atoms with van der Waals surface area (Å²) >= 11 is 0. The molecular weight excluding hydrogens is 264 g/mol. The van der Waals surface area contributed by atoms with E-state index < -0.39 is 0 Å². The Balaban J connectivity index is 2.21. The van der Waals surface area contributed by atoms with Crippen molar-refractivity contribution in [3.05, 3.63) is 0 Å². The van der Waals surface area contributed by atoms with Gasteiger partial charge >= 0.3 is 0 Å². The van der Waals surface area contributed by atoms with Crippen LogP contribution in [0.1, 0.15) is 59.3 Å². The number of rotatable bonds is 6. The molecule has 0 radical (unpaired) electrons. The summed E-state index contributed by atoms with van der Waals surface area (Å²) in [5, 5.41) is 3.49. The molecule has 1 saturated heterocycles. The molecule has 1 aliphatic rings. The van der Waals surface area contributed by atoms with Crippen molar-refractivity contribution in [1.82, 2.24) is 15.0 Å². The van der Waals surface area contributed by atoms with Crippen LogP contribution in [0.4, 0.5) is 17.8 Å². The lowest BCUT2D eigenvalue weighted by Gasteiger charge is -2.32. The topological polar surface area (TPSA) is 80.0 Å². The molecule has 0 bridgehead atoms. The van der Waals surface area contributed by atoms with Gasteiger partial charge in [-0.05, 0) is 38.5 Å². The Morgan fingerprint density at radius 3 is 2.19 bits per heavy atom. The first-order valence-electron chi connectivity index (χ1n) is 8.17. The Morgan fingerprint density at radius 2 is 1.62 bits per heavy atom. The molecule has 21 heavy (non-hydrogen) atoms. The van der Waals surface area contributed by atoms with E-state index in [9.17, 15) is 0 Å². The molecule has 1 aliphatic heterocycles. The molecular formula is C15H28N6. The van der Waals surface area contributed by atoms with Gasteiger partial charge in [-0.3, -0.25) is 0 Å². The smallest absolute Gasteiger partial charge is 0.231 e. The van der Waals surface area contributed by atoms with Crippen molar-refractivity contribution in [2.75, 3.05) is 29.0 Å². The number of nitrogen functional groups attached to an aromatic ring is 1. The molecule has 118 valence electrons. The molecule has 0 amide bonds. The van der Waals surface area contributed by atoms with E-state index in [0.717, 1.165) is 32.4 Å². The highest BCUT2D eigenvalue weighted by Gasteiger charge is 2.25. The molecule has 6 nitrogen and oxygen atoms in total. The number of nitrogens with zero attached hydrogens (tertiary/aromatic N) is 4. The van der Waals surface area contributed by atoms with Crippen LogP contribution in [0.2, 0.25) is 0 Å². The zero-order chi connectivity index (χ0) is 15.3. The first-order chi connectivity index (χ1) is 10.1. The molecule has 6 heteroatoms. The third-order valence-corrected chi connectivity index (χ3v) is 4.69. The van der Waals surface area contributed by atoms with E-state index in [1.54, 1.807) is 0 Å². The molecule has 0 atom stereocenters. The highest BCUT2D eigenvalue weighted by molar-refractivity contribution is 5.43. The second-order valence-corrected chi connectivity index (χ2v) is 5.83. The highest BCUT2D eigenvalue weighted by atomic mass is 15.3. The highest BCUT2D eigenvalue weighted by Crippen LogP contribution is 2.25. The number of nitrogens with two attached hydrogens (primary N) is 1. The minimum Gasteiger partial charge on any atom is -0.368 e. The van der Waals surface area contributed by atoms with Gasteiger partial charge in [0.05, 0.1) is 0 Å². The summed E-state index contributed by atoms with van der Waals surface area (Å²) in [6, 6.07) is 0. The van der Waals surface area contributed by atoms with Gasteiger partial charge in [0, 0.05) is 18.6 Å². The average molecular weight is 292 g/mol. The third-order valence-electron chi connectivity index (χ3n) is 4.69. The Kier molecular flexibility index (Phi) is 5.20. The van der Waals surface area contributed by atoms with E-state index in [-0.39, 0.29) is 5.54 Å². The fourth-order valence-electron chi connectivity index (χ4n) is 2.92. The molecule has 0 spiro atoms. The first-order valence-corrected chi connectivity index (χ1v) is 8.17. The second-order valence-electron chi connectivity index (χ2n) is 5.83. The lowest BCUT2D eigenvalue weighted by atomic mass is 9.90. The summed E-state index contributed by atoms with van der Waals surface area (Å²) in [6.07, 6.45) is 6.76. The van der Waals surface area contributed by atoms with Crippen molar-refractivity contribution in [3.8, 4) is 0 Å². The number of hydrogen-bond acceptors (Lipinski definition) is 6. The van der Waals surface area contributed by atoms with Crippen LogP contribution in [-0.2, 0) is 0 Å². The van der Waals surface area contributed by atoms with Crippen molar-refractivity contribution < 1.29 is 0 Å². The largest absolute Gasteiger partial charge is 0.368 e. The van der Waals surface area contributed by atoms with E-state index in [4.69, 9.17) is 5.73 Å². The van der Waals surface area contributed by atoms with Crippen molar-refractivity contribution in [2.45, 2.75) is 64.8 Å². The fourth-order valence-corrected chi connectivity index (χ4v) is 2.92. The lowest BCUT2D eigenvalue weighted by Crippen LogP contribution is -2.37. The van der Waals surface area contributed by atoms with E-state index in [0.29, 0.717) is 17.8 Å². The molecule has 0 unspecified atom stereocenters. The van der Waals surface area contributed by atoms with Crippen molar-refractivity contribution >= 4 is 17.8 Å². The predicted octanol–water partition coefficient (Wildman–Crippen LogP) is 2.82. The number of hydrogen-bond donors (Lipinski definition) is 2. The van der Waals surface area contributed by atoms with Gasteiger partial charge in [0.25, 0.3) is 0 Å².